The van der Waals surface area contributed by atoms with Crippen molar-refractivity contribution in [2.45, 2.75) is 13.8 Å². The van der Waals surface area contributed by atoms with E-state index in [9.17, 15) is 10.5 Å². The topological polar surface area (TPSA) is 119 Å². The van der Waals surface area contributed by atoms with Crippen LogP contribution in [0.4, 0.5) is 5.82 Å². The number of rotatable bonds is 10. The molecule has 4 aromatic rings. The lowest BCUT2D eigenvalue weighted by molar-refractivity contribution is 0.208. The summed E-state index contributed by atoms with van der Waals surface area (Å²) >= 11 is 0. The lowest BCUT2D eigenvalue weighted by atomic mass is 10.1. The summed E-state index contributed by atoms with van der Waals surface area (Å²) in [5, 5.41) is 24.2. The highest BCUT2D eigenvalue weighted by atomic mass is 16.5. The number of nitrogens with two attached hydrogens (primary N) is 1. The van der Waals surface area contributed by atoms with Gasteiger partial charge in [-0.25, -0.2) is 4.68 Å². The average molecular weight is 506 g/mol. The number of allylic oxidation sites excluding steroid dienone is 1. The maximum absolute atomic E-state index is 9.93. The molecule has 2 N–H and O–H groups in total. The summed E-state index contributed by atoms with van der Waals surface area (Å²) in [7, 11) is 0. The zero-order valence-corrected chi connectivity index (χ0v) is 21.2. The lowest BCUT2D eigenvalue weighted by Crippen LogP contribution is -2.10. The van der Waals surface area contributed by atoms with Crippen LogP contribution < -0.4 is 19.9 Å². The minimum atomic E-state index is 0.139. The van der Waals surface area contributed by atoms with E-state index in [0.717, 1.165) is 11.3 Å². The predicted molar refractivity (Wildman–Crippen MR) is 146 cm³/mol. The normalized spacial score (nSPS) is 10.9. The Labute approximate surface area is 221 Å². The highest BCUT2D eigenvalue weighted by Gasteiger charge is 2.20. The minimum Gasteiger partial charge on any atom is -0.490 e. The average Bonchev–Trinajstić information content (AvgIpc) is 3.27. The Kier molecular flexibility index (Phi) is 8.28. The van der Waals surface area contributed by atoms with Crippen LogP contribution in [0.1, 0.15) is 29.3 Å². The van der Waals surface area contributed by atoms with E-state index in [2.05, 4.69) is 17.2 Å². The summed E-state index contributed by atoms with van der Waals surface area (Å²) < 4.78 is 18.9. The summed E-state index contributed by atoms with van der Waals surface area (Å²) in [5.74, 6) is 2.05. The number of nitrogen functional groups attached to an aromatic ring is 1. The van der Waals surface area contributed by atoms with Crippen molar-refractivity contribution in [1.82, 2.24) is 9.78 Å². The molecule has 0 amide bonds. The van der Waals surface area contributed by atoms with Gasteiger partial charge in [-0.1, -0.05) is 36.4 Å². The first-order valence-corrected chi connectivity index (χ1v) is 12.1. The van der Waals surface area contributed by atoms with Gasteiger partial charge in [-0.05, 0) is 67.4 Å². The fourth-order valence-electron chi connectivity index (χ4n) is 3.83. The molecule has 0 aliphatic rings. The van der Waals surface area contributed by atoms with E-state index in [1.807, 2.05) is 68.4 Å². The van der Waals surface area contributed by atoms with Crippen LogP contribution >= 0.6 is 0 Å². The highest BCUT2D eigenvalue weighted by Crippen LogP contribution is 2.32. The van der Waals surface area contributed by atoms with Gasteiger partial charge >= 0.3 is 0 Å². The number of hydrogen-bond donors (Lipinski definition) is 1. The van der Waals surface area contributed by atoms with Crippen molar-refractivity contribution in [1.29, 1.82) is 10.5 Å². The predicted octanol–water partition coefficient (Wildman–Crippen LogP) is 5.56. The molecule has 0 bridgehead atoms. The third-order valence-corrected chi connectivity index (χ3v) is 5.59. The van der Waals surface area contributed by atoms with Gasteiger partial charge in [0.1, 0.15) is 48.2 Å². The minimum absolute atomic E-state index is 0.139. The van der Waals surface area contributed by atoms with Gasteiger partial charge in [0.25, 0.3) is 0 Å². The van der Waals surface area contributed by atoms with E-state index in [-0.39, 0.29) is 22.6 Å². The van der Waals surface area contributed by atoms with Crippen LogP contribution in [-0.4, -0.2) is 29.6 Å². The van der Waals surface area contributed by atoms with Crippen LogP contribution in [0.2, 0.25) is 0 Å². The number of benzene rings is 3. The summed E-state index contributed by atoms with van der Waals surface area (Å²) in [6.07, 6.45) is 1.64. The molecular weight excluding hydrogens is 478 g/mol. The molecule has 3 aromatic carbocycles. The molecule has 0 aliphatic heterocycles. The van der Waals surface area contributed by atoms with E-state index >= 15 is 0 Å². The van der Waals surface area contributed by atoms with Crippen molar-refractivity contribution in [2.75, 3.05) is 25.6 Å². The van der Waals surface area contributed by atoms with Gasteiger partial charge < -0.3 is 19.9 Å². The molecule has 4 rings (SSSR count). The molecule has 0 fully saturated rings. The first-order chi connectivity index (χ1) is 18.5. The Morgan fingerprint density at radius 3 is 2.45 bits per heavy atom. The molecule has 0 spiro atoms. The molecule has 190 valence electrons. The van der Waals surface area contributed by atoms with Crippen molar-refractivity contribution in [3.8, 4) is 35.1 Å². The molecule has 0 aliphatic carbocycles. The molecular formula is C30H27N5O3. The smallest absolute Gasteiger partial charge is 0.161 e. The van der Waals surface area contributed by atoms with E-state index < -0.39 is 0 Å². The van der Waals surface area contributed by atoms with Crippen molar-refractivity contribution >= 4 is 17.5 Å². The zero-order chi connectivity index (χ0) is 26.9. The van der Waals surface area contributed by atoms with Crippen molar-refractivity contribution in [3.63, 3.8) is 0 Å². The second-order valence-electron chi connectivity index (χ2n) is 8.29. The van der Waals surface area contributed by atoms with Gasteiger partial charge in [-0.3, -0.25) is 0 Å². The van der Waals surface area contributed by atoms with Crippen molar-refractivity contribution in [3.05, 3.63) is 95.2 Å². The Morgan fingerprint density at radius 1 is 0.947 bits per heavy atom. The van der Waals surface area contributed by atoms with Gasteiger partial charge in [0.15, 0.2) is 11.5 Å². The number of nitriles is 2. The van der Waals surface area contributed by atoms with Crippen molar-refractivity contribution in [2.24, 2.45) is 0 Å². The monoisotopic (exact) mass is 505 g/mol. The molecule has 1 aromatic heterocycles. The molecule has 0 radical (unpaired) electrons. The van der Waals surface area contributed by atoms with E-state index in [1.165, 1.54) is 4.68 Å². The van der Waals surface area contributed by atoms with Crippen LogP contribution in [0.5, 0.6) is 17.2 Å². The standard InChI is InChI=1S/C30H27N5O3/c1-3-36-28-18-22(12-13-27(28)38-15-14-37-25-11-7-8-21(2)16-25)17-23(19-31)29-26(20-32)30(33)35(34-29)24-9-5-4-6-10-24/h4-13,16-18H,3,14-15,33H2,1-2H3. The van der Waals surface area contributed by atoms with Crippen LogP contribution in [0, 0.1) is 29.6 Å². The summed E-state index contributed by atoms with van der Waals surface area (Å²) in [5.41, 5.74) is 9.26. The van der Waals surface area contributed by atoms with Gasteiger partial charge in [0.05, 0.1) is 17.9 Å². The van der Waals surface area contributed by atoms with Gasteiger partial charge in [-0.15, -0.1) is 0 Å². The fourth-order valence-corrected chi connectivity index (χ4v) is 3.83. The molecule has 8 heteroatoms. The number of ether oxygens (including phenoxy) is 3. The van der Waals surface area contributed by atoms with E-state index in [1.54, 1.807) is 24.3 Å². The molecule has 0 atom stereocenters. The number of hydrogen-bond acceptors (Lipinski definition) is 7. The molecule has 8 nitrogen and oxygen atoms in total. The Hall–Kier alpha value is -5.21. The summed E-state index contributed by atoms with van der Waals surface area (Å²) in [6, 6.07) is 26.6. The lowest BCUT2D eigenvalue weighted by Gasteiger charge is -2.13. The third kappa shape index (κ3) is 5.95. The first-order valence-electron chi connectivity index (χ1n) is 12.1. The number of aryl methyl sites for hydroxylation is 1. The molecule has 0 saturated heterocycles. The van der Waals surface area contributed by atoms with Crippen molar-refractivity contribution < 1.29 is 14.2 Å². The van der Waals surface area contributed by atoms with Crippen LogP contribution in [0.15, 0.2) is 72.8 Å². The van der Waals surface area contributed by atoms with Crippen LogP contribution in [0.3, 0.4) is 0 Å². The van der Waals surface area contributed by atoms with Gasteiger partial charge in [0, 0.05) is 0 Å². The Morgan fingerprint density at radius 2 is 1.74 bits per heavy atom. The summed E-state index contributed by atoms with van der Waals surface area (Å²) in [4.78, 5) is 0. The maximum Gasteiger partial charge on any atom is 0.161 e. The molecule has 0 saturated carbocycles. The SMILES string of the molecule is CCOc1cc(C=C(C#N)c2nn(-c3ccccc3)c(N)c2C#N)ccc1OCCOc1cccc(C)c1. The van der Waals surface area contributed by atoms with Gasteiger partial charge in [0.2, 0.25) is 0 Å². The van der Waals surface area contributed by atoms with E-state index in [0.29, 0.717) is 42.6 Å². The van der Waals surface area contributed by atoms with Gasteiger partial charge in [-0.2, -0.15) is 15.6 Å². The quantitative estimate of drug-likeness (QED) is 0.221. The second kappa shape index (κ2) is 12.2. The third-order valence-electron chi connectivity index (χ3n) is 5.59. The maximum atomic E-state index is 9.93. The fraction of sp³-hybridized carbons (Fsp3) is 0.167. The number of nitrogens with zero attached hydrogens (tertiary/aromatic N) is 4. The molecule has 38 heavy (non-hydrogen) atoms. The summed E-state index contributed by atoms with van der Waals surface area (Å²) in [6.45, 7) is 5.03. The number of anilines is 1. The zero-order valence-electron chi connectivity index (χ0n) is 21.2. The van der Waals surface area contributed by atoms with Crippen LogP contribution in [0.25, 0.3) is 17.3 Å². The van der Waals surface area contributed by atoms with E-state index in [4.69, 9.17) is 19.9 Å². The largest absolute Gasteiger partial charge is 0.490 e. The number of aromatic nitrogens is 2. The Bertz CT molecular complexity index is 1530. The van der Waals surface area contributed by atoms with Crippen LogP contribution in [-0.2, 0) is 0 Å². The first kappa shape index (κ1) is 25.9. The highest BCUT2D eigenvalue weighted by molar-refractivity contribution is 5.91. The Balaban J connectivity index is 1.56. The second-order valence-corrected chi connectivity index (χ2v) is 8.29. The molecule has 0 unspecified atom stereocenters. The molecule has 1 heterocycles. The number of para-hydroxylation sites is 1.